The van der Waals surface area contributed by atoms with Gasteiger partial charge in [-0.1, -0.05) is 19.9 Å². The Morgan fingerprint density at radius 3 is 2.37 bits per heavy atom. The number of thioether (sulfide) groups is 1. The summed E-state index contributed by atoms with van der Waals surface area (Å²) in [5.41, 5.74) is 0. The van der Waals surface area contributed by atoms with Crippen molar-refractivity contribution in [2.75, 3.05) is 0 Å². The molecule has 2 N–H and O–H groups in total. The van der Waals surface area contributed by atoms with Crippen molar-refractivity contribution in [2.24, 2.45) is 0 Å². The van der Waals surface area contributed by atoms with Gasteiger partial charge in [0.1, 0.15) is 0 Å². The van der Waals surface area contributed by atoms with Crippen LogP contribution in [0.1, 0.15) is 33.7 Å². The van der Waals surface area contributed by atoms with E-state index in [4.69, 9.17) is 0 Å². The van der Waals surface area contributed by atoms with Crippen molar-refractivity contribution in [3.8, 4) is 11.6 Å². The summed E-state index contributed by atoms with van der Waals surface area (Å²) in [6.45, 7) is 8.16. The molecule has 1 heterocycles. The lowest BCUT2D eigenvalue weighted by molar-refractivity contribution is -0.720. The van der Waals surface area contributed by atoms with Crippen molar-refractivity contribution < 1.29 is 14.8 Å². The number of aromatic nitrogens is 1. The third-order valence-electron chi connectivity index (χ3n) is 2.95. The quantitative estimate of drug-likeness (QED) is 0.666. The SMILES string of the molecule is CC(C)Sc1cccc2c[n+](C(C)C)c(O)c(O)c12. The second-order valence-electron chi connectivity index (χ2n) is 5.19. The van der Waals surface area contributed by atoms with Gasteiger partial charge in [-0.15, -0.1) is 11.8 Å². The zero-order valence-corrected chi connectivity index (χ0v) is 12.5. The summed E-state index contributed by atoms with van der Waals surface area (Å²) >= 11 is 1.68. The maximum absolute atomic E-state index is 10.3. The van der Waals surface area contributed by atoms with Crippen LogP contribution in [0, 0.1) is 0 Å². The lowest BCUT2D eigenvalue weighted by Gasteiger charge is -2.11. The van der Waals surface area contributed by atoms with Gasteiger partial charge >= 0.3 is 5.88 Å². The Morgan fingerprint density at radius 2 is 1.79 bits per heavy atom. The maximum Gasteiger partial charge on any atom is 0.409 e. The van der Waals surface area contributed by atoms with E-state index in [1.165, 1.54) is 0 Å². The first-order chi connectivity index (χ1) is 8.91. The molecular weight excluding hydrogens is 258 g/mol. The Kier molecular flexibility index (Phi) is 3.90. The largest absolute Gasteiger partial charge is 0.499 e. The van der Waals surface area contributed by atoms with Crippen LogP contribution in [-0.4, -0.2) is 15.5 Å². The zero-order chi connectivity index (χ0) is 14.2. The predicted octanol–water partition coefficient (Wildman–Crippen LogP) is 3.62. The highest BCUT2D eigenvalue weighted by Gasteiger charge is 2.23. The summed E-state index contributed by atoms with van der Waals surface area (Å²) in [6.07, 6.45) is 1.89. The molecule has 0 aliphatic heterocycles. The van der Waals surface area contributed by atoms with Gasteiger partial charge in [-0.25, -0.2) is 0 Å². The number of nitrogens with zero attached hydrogens (tertiary/aromatic N) is 1. The highest BCUT2D eigenvalue weighted by atomic mass is 32.2. The van der Waals surface area contributed by atoms with E-state index in [-0.39, 0.29) is 17.7 Å². The molecule has 0 saturated heterocycles. The molecule has 0 saturated carbocycles. The van der Waals surface area contributed by atoms with Gasteiger partial charge < -0.3 is 10.2 Å². The van der Waals surface area contributed by atoms with Crippen LogP contribution in [0.2, 0.25) is 0 Å². The van der Waals surface area contributed by atoms with Gasteiger partial charge in [-0.3, -0.25) is 0 Å². The number of rotatable bonds is 3. The normalized spacial score (nSPS) is 11.7. The number of benzene rings is 1. The predicted molar refractivity (Wildman–Crippen MR) is 78.9 cm³/mol. The van der Waals surface area contributed by atoms with Crippen LogP contribution in [0.5, 0.6) is 11.6 Å². The molecule has 102 valence electrons. The molecule has 0 fully saturated rings. The van der Waals surface area contributed by atoms with Gasteiger partial charge in [0.05, 0.1) is 10.8 Å². The number of hydrogen-bond acceptors (Lipinski definition) is 3. The van der Waals surface area contributed by atoms with E-state index >= 15 is 0 Å². The second-order valence-corrected chi connectivity index (χ2v) is 6.81. The molecule has 1 aromatic carbocycles. The van der Waals surface area contributed by atoms with Gasteiger partial charge in [0.15, 0.2) is 12.2 Å². The monoisotopic (exact) mass is 278 g/mol. The molecule has 0 unspecified atom stereocenters. The fourth-order valence-electron chi connectivity index (χ4n) is 2.10. The molecule has 2 rings (SSSR count). The van der Waals surface area contributed by atoms with Gasteiger partial charge in [0, 0.05) is 10.1 Å². The van der Waals surface area contributed by atoms with E-state index < -0.39 is 0 Å². The standard InChI is InChI=1S/C15H19NO2S/c1-9(2)16-8-11-6-5-7-12(19-10(3)4)13(11)14(17)15(16)18/h5-10,17H,1-4H3/p+1. The van der Waals surface area contributed by atoms with Crippen LogP contribution < -0.4 is 4.57 Å². The molecule has 1 aromatic heterocycles. The van der Waals surface area contributed by atoms with E-state index in [1.54, 1.807) is 16.3 Å². The third-order valence-corrected chi connectivity index (χ3v) is 4.01. The summed E-state index contributed by atoms with van der Waals surface area (Å²) in [5, 5.41) is 22.5. The smallest absolute Gasteiger partial charge is 0.409 e. The molecule has 19 heavy (non-hydrogen) atoms. The first-order valence-electron chi connectivity index (χ1n) is 6.47. The number of aromatic hydroxyl groups is 2. The van der Waals surface area contributed by atoms with E-state index in [2.05, 4.69) is 13.8 Å². The highest BCUT2D eigenvalue weighted by molar-refractivity contribution is 8.00. The number of fused-ring (bicyclic) bond motifs is 1. The van der Waals surface area contributed by atoms with Crippen LogP contribution >= 0.6 is 11.8 Å². The topological polar surface area (TPSA) is 44.3 Å². The van der Waals surface area contributed by atoms with Crippen LogP contribution in [-0.2, 0) is 0 Å². The molecule has 0 amide bonds. The van der Waals surface area contributed by atoms with Crippen LogP contribution in [0.25, 0.3) is 10.8 Å². The van der Waals surface area contributed by atoms with Crippen LogP contribution in [0.3, 0.4) is 0 Å². The van der Waals surface area contributed by atoms with Gasteiger partial charge in [-0.05, 0) is 26.0 Å². The Hall–Kier alpha value is -1.42. The molecular formula is C15H20NO2S+. The van der Waals surface area contributed by atoms with Crippen molar-refractivity contribution in [3.05, 3.63) is 24.4 Å². The van der Waals surface area contributed by atoms with E-state index in [9.17, 15) is 10.2 Å². The third kappa shape index (κ3) is 2.63. The fourth-order valence-corrected chi connectivity index (χ4v) is 3.10. The van der Waals surface area contributed by atoms with E-state index in [0.717, 1.165) is 15.7 Å². The summed E-state index contributed by atoms with van der Waals surface area (Å²) < 4.78 is 1.68. The minimum absolute atomic E-state index is 0.0325. The summed E-state index contributed by atoms with van der Waals surface area (Å²) in [5.74, 6) is -0.103. The van der Waals surface area contributed by atoms with Crippen molar-refractivity contribution >= 4 is 22.5 Å². The lowest BCUT2D eigenvalue weighted by atomic mass is 10.1. The Bertz CT molecular complexity index is 609. The van der Waals surface area contributed by atoms with Gasteiger partial charge in [0.25, 0.3) is 0 Å². The number of pyridine rings is 1. The Labute approximate surface area is 117 Å². The maximum atomic E-state index is 10.3. The molecule has 0 bridgehead atoms. The average Bonchev–Trinajstić information content (AvgIpc) is 2.32. The Balaban J connectivity index is 2.73. The van der Waals surface area contributed by atoms with Crippen molar-refractivity contribution in [3.63, 3.8) is 0 Å². The summed E-state index contributed by atoms with van der Waals surface area (Å²) in [7, 11) is 0. The first-order valence-corrected chi connectivity index (χ1v) is 7.35. The molecule has 3 nitrogen and oxygen atoms in total. The fraction of sp³-hybridized carbons (Fsp3) is 0.400. The molecule has 0 radical (unpaired) electrons. The van der Waals surface area contributed by atoms with Crippen molar-refractivity contribution in [1.82, 2.24) is 0 Å². The zero-order valence-electron chi connectivity index (χ0n) is 11.7. The second kappa shape index (κ2) is 5.29. The minimum atomic E-state index is -0.0701. The van der Waals surface area contributed by atoms with Crippen molar-refractivity contribution in [1.29, 1.82) is 0 Å². The summed E-state index contributed by atoms with van der Waals surface area (Å²) in [6, 6.07) is 6.01. The average molecular weight is 278 g/mol. The summed E-state index contributed by atoms with van der Waals surface area (Å²) in [4.78, 5) is 0.996. The molecule has 4 heteroatoms. The molecule has 0 aliphatic rings. The molecule has 0 spiro atoms. The van der Waals surface area contributed by atoms with E-state index in [0.29, 0.717) is 5.25 Å². The number of hydrogen-bond donors (Lipinski definition) is 2. The minimum Gasteiger partial charge on any atom is -0.499 e. The Morgan fingerprint density at radius 1 is 1.11 bits per heavy atom. The molecule has 0 atom stereocenters. The van der Waals surface area contributed by atoms with Crippen LogP contribution in [0.15, 0.2) is 29.3 Å². The van der Waals surface area contributed by atoms with Gasteiger partial charge in [-0.2, -0.15) is 4.57 Å². The lowest BCUT2D eigenvalue weighted by Crippen LogP contribution is -2.35. The molecule has 2 aromatic rings. The molecule has 0 aliphatic carbocycles. The van der Waals surface area contributed by atoms with Gasteiger partial charge in [0.2, 0.25) is 5.75 Å². The highest BCUT2D eigenvalue weighted by Crippen LogP contribution is 2.39. The van der Waals surface area contributed by atoms with Crippen molar-refractivity contribution in [2.45, 2.75) is 43.9 Å². The van der Waals surface area contributed by atoms with Crippen LogP contribution in [0.4, 0.5) is 0 Å². The van der Waals surface area contributed by atoms with E-state index in [1.807, 2.05) is 38.2 Å². The first kappa shape index (κ1) is 14.0.